The lowest BCUT2D eigenvalue weighted by Gasteiger charge is -2.31. The molecule has 1 N–H and O–H groups in total. The first-order chi connectivity index (χ1) is 23.5. The molecule has 0 saturated carbocycles. The van der Waals surface area contributed by atoms with E-state index in [2.05, 4.69) is 19.2 Å². The molecular weight excluding hydrogens is 682 g/mol. The van der Waals surface area contributed by atoms with Crippen molar-refractivity contribution in [3.8, 4) is 5.75 Å². The van der Waals surface area contributed by atoms with Crippen molar-refractivity contribution in [2.24, 2.45) is 0 Å². The molecule has 0 spiro atoms. The van der Waals surface area contributed by atoms with Gasteiger partial charge in [-0.1, -0.05) is 49.2 Å². The Balaban J connectivity index is 1.64. The number of nitrogens with zero attached hydrogens (tertiary/aromatic N) is 2. The molecule has 13 heteroatoms. The van der Waals surface area contributed by atoms with E-state index in [0.29, 0.717) is 43.5 Å². The maximum Gasteiger partial charge on any atom is 0.407 e. The number of hydrogen-bond acceptors (Lipinski definition) is 9. The molecule has 50 heavy (non-hydrogen) atoms. The van der Waals surface area contributed by atoms with Crippen LogP contribution in [0.4, 0.5) is 10.5 Å². The largest absolute Gasteiger partial charge is 0.495 e. The van der Waals surface area contributed by atoms with Crippen molar-refractivity contribution in [1.82, 2.24) is 10.2 Å². The molecule has 3 aliphatic rings. The Kier molecular flexibility index (Phi) is 13.0. The molecule has 0 aliphatic carbocycles. The second kappa shape index (κ2) is 16.4. The van der Waals surface area contributed by atoms with E-state index in [0.717, 1.165) is 11.1 Å². The highest BCUT2D eigenvalue weighted by Crippen LogP contribution is 2.46. The second-order valence-corrected chi connectivity index (χ2v) is 16.2. The molecule has 0 radical (unpaired) electrons. The summed E-state index contributed by atoms with van der Waals surface area (Å²) in [5.41, 5.74) is 1.37. The first-order valence-electron chi connectivity index (χ1n) is 17.1. The van der Waals surface area contributed by atoms with Crippen LogP contribution in [-0.4, -0.2) is 97.0 Å². The molecule has 276 valence electrons. The third kappa shape index (κ3) is 9.76. The zero-order valence-corrected chi connectivity index (χ0v) is 32.2. The summed E-state index contributed by atoms with van der Waals surface area (Å²) in [4.78, 5) is 56.1. The molecule has 5 unspecified atom stereocenters. The Labute approximate surface area is 305 Å². The highest BCUT2D eigenvalue weighted by molar-refractivity contribution is 7.99. The molecule has 3 aliphatic heterocycles. The number of likely N-dealkylation sites (N-methyl/N-ethyl adjacent to an activating group) is 1. The van der Waals surface area contributed by atoms with Crippen LogP contribution in [0.3, 0.4) is 0 Å². The summed E-state index contributed by atoms with van der Waals surface area (Å²) >= 11 is 8.42. The Morgan fingerprint density at radius 1 is 1.26 bits per heavy atom. The fourth-order valence-electron chi connectivity index (χ4n) is 6.23. The number of allylic oxidation sites excluding steroid dienone is 3. The van der Waals surface area contributed by atoms with Gasteiger partial charge in [0, 0.05) is 44.1 Å². The fourth-order valence-corrected chi connectivity index (χ4v) is 6.85. The number of benzene rings is 1. The van der Waals surface area contributed by atoms with Crippen LogP contribution in [0.5, 0.6) is 5.75 Å². The van der Waals surface area contributed by atoms with Crippen LogP contribution in [0.2, 0.25) is 5.02 Å². The van der Waals surface area contributed by atoms with Crippen LogP contribution in [0, 0.1) is 0 Å². The van der Waals surface area contributed by atoms with Crippen molar-refractivity contribution >= 4 is 52.9 Å². The molecular formula is C37H52ClN3O8S. The number of amides is 3. The molecule has 3 amide bonds. The maximum atomic E-state index is 14.0. The highest BCUT2D eigenvalue weighted by atomic mass is 35.5. The summed E-state index contributed by atoms with van der Waals surface area (Å²) in [7, 11) is 4.72. The van der Waals surface area contributed by atoms with Crippen molar-refractivity contribution in [2.75, 3.05) is 32.4 Å². The number of anilines is 1. The topological polar surface area (TPSA) is 127 Å². The average molecular weight is 734 g/mol. The molecule has 0 aromatic heterocycles. The van der Waals surface area contributed by atoms with Gasteiger partial charge in [0.25, 0.3) is 0 Å². The maximum absolute atomic E-state index is 14.0. The van der Waals surface area contributed by atoms with E-state index >= 15 is 0 Å². The van der Waals surface area contributed by atoms with Crippen molar-refractivity contribution in [3.63, 3.8) is 0 Å². The van der Waals surface area contributed by atoms with Crippen molar-refractivity contribution < 1.29 is 38.1 Å². The first-order valence-corrected chi connectivity index (χ1v) is 18.7. The molecule has 2 fully saturated rings. The summed E-state index contributed by atoms with van der Waals surface area (Å²) in [6, 6.07) is 2.67. The van der Waals surface area contributed by atoms with Crippen LogP contribution >= 0.6 is 23.4 Å². The molecule has 6 atom stereocenters. The van der Waals surface area contributed by atoms with Gasteiger partial charge in [-0.05, 0) is 64.0 Å². The second-order valence-electron chi connectivity index (χ2n) is 14.3. The summed E-state index contributed by atoms with van der Waals surface area (Å²) in [6.45, 7) is 9.57. The number of halogens is 1. The fraction of sp³-hybridized carbons (Fsp3) is 0.622. The van der Waals surface area contributed by atoms with Gasteiger partial charge in [0.1, 0.15) is 34.6 Å². The Hall–Kier alpha value is -3.22. The lowest BCUT2D eigenvalue weighted by molar-refractivity contribution is -0.162. The minimum absolute atomic E-state index is 0.0811. The zero-order chi connectivity index (χ0) is 37.0. The van der Waals surface area contributed by atoms with Crippen LogP contribution in [0.1, 0.15) is 78.7 Å². The van der Waals surface area contributed by atoms with Gasteiger partial charge in [-0.3, -0.25) is 9.59 Å². The molecule has 4 bridgehead atoms. The van der Waals surface area contributed by atoms with E-state index in [1.165, 1.54) is 16.9 Å². The van der Waals surface area contributed by atoms with E-state index < -0.39 is 42.0 Å². The number of nitrogens with one attached hydrogen (secondary N) is 1. The number of methoxy groups -OCH3 is 1. The monoisotopic (exact) mass is 733 g/mol. The number of hydrogen-bond donors (Lipinski definition) is 1. The van der Waals surface area contributed by atoms with Crippen molar-refractivity contribution in [3.05, 3.63) is 46.5 Å². The molecule has 1 aromatic rings. The first kappa shape index (κ1) is 39.6. The standard InChI is InChI=1S/C37H52ClN3O8S/c1-22-12-10-11-13-25-19-26(47-35(45)39-25)20-30-37(5,49-30)29(48-34(44)23(2)40(6)31(42)14-15-36(3,4)50-9)21-32(43)41(7)27-17-24(16-22)18-28(46-8)33(27)38/h10-12,17-18,23,25-26,29-30H,13-16,19-21H2,1-9H3,(H,39,45)/b11-10+,22-12+/t23?,25?,26?,29-,30?,37?/m0/s1. The van der Waals surface area contributed by atoms with Crippen LogP contribution in [-0.2, 0) is 35.0 Å². The number of epoxide rings is 1. The number of carbonyl (C=O) groups excluding carboxylic acids is 4. The number of carbonyl (C=O) groups is 4. The summed E-state index contributed by atoms with van der Waals surface area (Å²) in [6.07, 6.45) is 8.48. The Morgan fingerprint density at radius 3 is 2.66 bits per heavy atom. The van der Waals surface area contributed by atoms with Crippen LogP contribution in [0.25, 0.3) is 0 Å². The Morgan fingerprint density at radius 2 is 1.98 bits per heavy atom. The SMILES string of the molecule is COc1cc2cc(c1Cl)N(C)C(=O)C[C@H](OC(=O)C(C)N(C)C(=O)CCC(C)(C)SC)C1(C)OC1CC1CC(C/C=C/C=C(\C)C2)NC(=O)O1. The zero-order valence-electron chi connectivity index (χ0n) is 30.7. The summed E-state index contributed by atoms with van der Waals surface area (Å²) in [5.74, 6) is -0.759. The lowest BCUT2D eigenvalue weighted by atomic mass is 9.91. The predicted molar refractivity (Wildman–Crippen MR) is 196 cm³/mol. The van der Waals surface area contributed by atoms with E-state index in [-0.39, 0.29) is 40.5 Å². The molecule has 2 saturated heterocycles. The normalized spacial score (nSPS) is 28.2. The highest BCUT2D eigenvalue weighted by Gasteiger charge is 2.61. The number of esters is 1. The van der Waals surface area contributed by atoms with Gasteiger partial charge in [0.2, 0.25) is 11.8 Å². The number of thioether (sulfide) groups is 1. The number of rotatable bonds is 8. The average Bonchev–Trinajstić information content (AvgIpc) is 3.73. The number of ether oxygens (including phenoxy) is 4. The van der Waals surface area contributed by atoms with Gasteiger partial charge in [-0.25, -0.2) is 9.59 Å². The van der Waals surface area contributed by atoms with E-state index in [4.69, 9.17) is 30.5 Å². The minimum atomic E-state index is -1.04. The van der Waals surface area contributed by atoms with Gasteiger partial charge in [0.15, 0.2) is 0 Å². The molecule has 3 heterocycles. The summed E-state index contributed by atoms with van der Waals surface area (Å²) < 4.78 is 23.4. The molecule has 4 rings (SSSR count). The van der Waals surface area contributed by atoms with E-state index in [9.17, 15) is 19.2 Å². The van der Waals surface area contributed by atoms with E-state index in [1.54, 1.807) is 39.7 Å². The number of alkyl carbamates (subject to hydrolysis) is 1. The van der Waals surface area contributed by atoms with Crippen molar-refractivity contribution in [2.45, 2.75) is 120 Å². The van der Waals surface area contributed by atoms with Gasteiger partial charge in [0.05, 0.1) is 25.3 Å². The minimum Gasteiger partial charge on any atom is -0.495 e. The molecule has 1 aromatic carbocycles. The van der Waals surface area contributed by atoms with Crippen LogP contribution in [0.15, 0.2) is 35.9 Å². The predicted octanol–water partition coefficient (Wildman–Crippen LogP) is 6.25. The number of fused-ring (bicyclic) bond motifs is 5. The van der Waals surface area contributed by atoms with Gasteiger partial charge in [-0.15, -0.1) is 0 Å². The quantitative estimate of drug-likeness (QED) is 0.244. The van der Waals surface area contributed by atoms with Crippen LogP contribution < -0.4 is 15.0 Å². The van der Waals surface area contributed by atoms with E-state index in [1.807, 2.05) is 43.5 Å². The van der Waals surface area contributed by atoms with Gasteiger partial charge < -0.3 is 34.1 Å². The van der Waals surface area contributed by atoms with Gasteiger partial charge >= 0.3 is 12.1 Å². The lowest BCUT2D eigenvalue weighted by Crippen LogP contribution is -2.47. The van der Waals surface area contributed by atoms with Gasteiger partial charge in [-0.2, -0.15) is 11.8 Å². The Bertz CT molecular complexity index is 1520. The third-order valence-electron chi connectivity index (χ3n) is 10.1. The third-order valence-corrected chi connectivity index (χ3v) is 11.8. The molecule has 11 nitrogen and oxygen atoms in total. The smallest absolute Gasteiger partial charge is 0.407 e. The van der Waals surface area contributed by atoms with Crippen molar-refractivity contribution in [1.29, 1.82) is 0 Å². The summed E-state index contributed by atoms with van der Waals surface area (Å²) in [5, 5.41) is 3.17.